The second-order valence-electron chi connectivity index (χ2n) is 7.49. The van der Waals surface area contributed by atoms with Crippen LogP contribution in [0.5, 0.6) is 5.75 Å². The van der Waals surface area contributed by atoms with Crippen LogP contribution in [0.25, 0.3) is 0 Å². The van der Waals surface area contributed by atoms with Crippen LogP contribution in [0.2, 0.25) is 0 Å². The van der Waals surface area contributed by atoms with Gasteiger partial charge in [0.05, 0.1) is 12.1 Å². The first-order valence-electron chi connectivity index (χ1n) is 9.73. The Morgan fingerprint density at radius 2 is 1.76 bits per heavy atom. The van der Waals surface area contributed by atoms with E-state index in [9.17, 15) is 37.4 Å². The number of likely N-dealkylation sites (N-methyl/N-ethyl adjacent to an activating group) is 1. The number of carboxylic acids is 1. The van der Waals surface area contributed by atoms with Gasteiger partial charge in [0.25, 0.3) is 11.5 Å². The number of aliphatic hydroxyl groups excluding tert-OH is 1. The lowest BCUT2D eigenvalue weighted by molar-refractivity contribution is -0.192. The number of carbonyl (C=O) groups is 2. The Morgan fingerprint density at radius 3 is 2.24 bits per heavy atom. The number of hydrogen-bond donors (Lipinski definition) is 4. The summed E-state index contributed by atoms with van der Waals surface area (Å²) in [6.45, 7) is 0.514. The van der Waals surface area contributed by atoms with Crippen LogP contribution in [0, 0.1) is 5.82 Å². The van der Waals surface area contributed by atoms with Gasteiger partial charge in [-0.15, -0.1) is 0 Å². The van der Waals surface area contributed by atoms with Crippen molar-refractivity contribution in [2.24, 2.45) is 7.05 Å². The van der Waals surface area contributed by atoms with E-state index in [1.54, 1.807) is 7.05 Å². The van der Waals surface area contributed by atoms with Crippen molar-refractivity contribution < 1.29 is 42.5 Å². The number of benzene rings is 1. The zero-order chi connectivity index (χ0) is 25.8. The van der Waals surface area contributed by atoms with Gasteiger partial charge in [0.2, 0.25) is 5.75 Å². The van der Waals surface area contributed by atoms with Gasteiger partial charge < -0.3 is 20.6 Å². The number of alkyl halides is 3. The number of aliphatic hydroxyl groups is 1. The molecule has 1 saturated heterocycles. The number of β-amino-alcohol motifs (C(OH)–C–C–N with tert-alkyl or cyclic N) is 1. The largest absolute Gasteiger partial charge is 0.501 e. The van der Waals surface area contributed by atoms with Gasteiger partial charge in [0.15, 0.2) is 5.69 Å². The molecule has 2 aromatic rings. The fourth-order valence-electron chi connectivity index (χ4n) is 3.21. The Hall–Kier alpha value is -3.52. The summed E-state index contributed by atoms with van der Waals surface area (Å²) >= 11 is 0. The zero-order valence-corrected chi connectivity index (χ0v) is 18.0. The smallest absolute Gasteiger partial charge is 0.490 e. The van der Waals surface area contributed by atoms with Gasteiger partial charge in [-0.3, -0.25) is 19.1 Å². The average molecular weight is 490 g/mol. The van der Waals surface area contributed by atoms with Crippen molar-refractivity contribution in [3.05, 3.63) is 57.5 Å². The molecule has 1 aromatic heterocycles. The molecule has 3 rings (SSSR count). The predicted octanol–water partition coefficient (Wildman–Crippen LogP) is 0.926. The van der Waals surface area contributed by atoms with Crippen molar-refractivity contribution in [3.63, 3.8) is 0 Å². The van der Waals surface area contributed by atoms with Crippen molar-refractivity contribution in [2.75, 3.05) is 13.6 Å². The molecule has 34 heavy (non-hydrogen) atoms. The molecule has 2 heterocycles. The summed E-state index contributed by atoms with van der Waals surface area (Å²) in [6.07, 6.45) is -5.26. The molecule has 2 atom stereocenters. The number of carboxylic acid groups (broad SMARTS) is 1. The lowest BCUT2D eigenvalue weighted by Crippen LogP contribution is -2.33. The lowest BCUT2D eigenvalue weighted by Gasteiger charge is -2.21. The molecule has 0 aliphatic carbocycles. The molecule has 1 aliphatic rings. The first kappa shape index (κ1) is 26.7. The number of hydrogen-bond acceptors (Lipinski definition) is 7. The van der Waals surface area contributed by atoms with Crippen LogP contribution in [-0.4, -0.2) is 67.5 Å². The van der Waals surface area contributed by atoms with Gasteiger partial charge in [-0.05, 0) is 31.2 Å². The van der Waals surface area contributed by atoms with Crippen molar-refractivity contribution in [2.45, 2.75) is 31.3 Å². The quantitative estimate of drug-likeness (QED) is 0.463. The number of halogens is 4. The van der Waals surface area contributed by atoms with E-state index >= 15 is 0 Å². The molecule has 0 radical (unpaired) electrons. The molecular formula is C20H22F4N4O6. The first-order valence-corrected chi connectivity index (χ1v) is 9.73. The first-order chi connectivity index (χ1) is 15.7. The van der Waals surface area contributed by atoms with Gasteiger partial charge in [-0.1, -0.05) is 12.1 Å². The zero-order valence-electron chi connectivity index (χ0n) is 18.0. The molecule has 14 heteroatoms. The summed E-state index contributed by atoms with van der Waals surface area (Å²) in [6, 6.07) is 5.24. The van der Waals surface area contributed by atoms with Gasteiger partial charge >= 0.3 is 12.1 Å². The van der Waals surface area contributed by atoms with Crippen LogP contribution in [0.15, 0.2) is 29.1 Å². The van der Waals surface area contributed by atoms with Crippen molar-refractivity contribution >= 4 is 11.9 Å². The van der Waals surface area contributed by atoms with Crippen LogP contribution in [0.3, 0.4) is 0 Å². The highest BCUT2D eigenvalue weighted by atomic mass is 19.4. The Morgan fingerprint density at radius 1 is 1.21 bits per heavy atom. The third-order valence-corrected chi connectivity index (χ3v) is 4.95. The number of aromatic hydroxyl groups is 1. The highest BCUT2D eigenvalue weighted by Gasteiger charge is 2.38. The number of likely N-dealkylation sites (tertiary alicyclic amines) is 1. The van der Waals surface area contributed by atoms with E-state index in [1.165, 1.54) is 35.9 Å². The van der Waals surface area contributed by atoms with E-state index in [-0.39, 0.29) is 24.1 Å². The maximum absolute atomic E-state index is 12.9. The molecule has 0 saturated carbocycles. The number of aliphatic carboxylic acids is 1. The second-order valence-corrected chi connectivity index (χ2v) is 7.49. The monoisotopic (exact) mass is 490 g/mol. The van der Waals surface area contributed by atoms with E-state index < -0.39 is 35.5 Å². The van der Waals surface area contributed by atoms with Crippen LogP contribution in [0.1, 0.15) is 34.3 Å². The van der Waals surface area contributed by atoms with E-state index in [0.29, 0.717) is 24.4 Å². The number of rotatable bonds is 4. The summed E-state index contributed by atoms with van der Waals surface area (Å²) in [5.74, 6) is -4.30. The van der Waals surface area contributed by atoms with E-state index in [1.807, 2.05) is 4.90 Å². The summed E-state index contributed by atoms with van der Waals surface area (Å²) in [7, 11) is 3.25. The second kappa shape index (κ2) is 10.6. The molecule has 0 bridgehead atoms. The standard InChI is InChI=1S/C18H21FN4O4.C2HF3O2/c1-22-9-12(24)7-13(22)16-21-14(15(25)18(27)23(16)2)17(26)20-8-10-3-5-11(19)6-4-10;3-2(4,5)1(6)7/h3-6,12-13,24-25H,7-9H2,1-2H3,(H,20,26);(H,6,7)/t12-,13+;/m1./s1. The maximum atomic E-state index is 12.9. The Balaban J connectivity index is 0.000000509. The third kappa shape index (κ3) is 6.51. The fourth-order valence-corrected chi connectivity index (χ4v) is 3.21. The average Bonchev–Trinajstić information content (AvgIpc) is 3.09. The molecule has 186 valence electrons. The Bertz CT molecular complexity index is 1100. The highest BCUT2D eigenvalue weighted by Crippen LogP contribution is 2.29. The molecule has 1 amide bonds. The van der Waals surface area contributed by atoms with Gasteiger partial charge in [0, 0.05) is 20.1 Å². The lowest BCUT2D eigenvalue weighted by atomic mass is 10.1. The summed E-state index contributed by atoms with van der Waals surface area (Å²) in [5.41, 5.74) is -0.446. The third-order valence-electron chi connectivity index (χ3n) is 4.95. The minimum Gasteiger partial charge on any atom is -0.501 e. The van der Waals surface area contributed by atoms with Crippen molar-refractivity contribution in [3.8, 4) is 5.75 Å². The summed E-state index contributed by atoms with van der Waals surface area (Å²) < 4.78 is 45.9. The van der Waals surface area contributed by atoms with Gasteiger partial charge in [-0.2, -0.15) is 13.2 Å². The predicted molar refractivity (Wildman–Crippen MR) is 108 cm³/mol. The van der Waals surface area contributed by atoms with Crippen LogP contribution < -0.4 is 10.9 Å². The molecular weight excluding hydrogens is 468 g/mol. The number of carbonyl (C=O) groups excluding carboxylic acids is 1. The highest BCUT2D eigenvalue weighted by molar-refractivity contribution is 5.94. The van der Waals surface area contributed by atoms with Gasteiger partial charge in [0.1, 0.15) is 11.6 Å². The van der Waals surface area contributed by atoms with E-state index in [2.05, 4.69) is 10.3 Å². The van der Waals surface area contributed by atoms with Gasteiger partial charge in [-0.25, -0.2) is 14.2 Å². The Kier molecular flexibility index (Phi) is 8.34. The molecule has 0 spiro atoms. The Labute approximate surface area is 190 Å². The number of aromatic nitrogens is 2. The van der Waals surface area contributed by atoms with Crippen molar-refractivity contribution in [1.82, 2.24) is 19.8 Å². The fraction of sp³-hybridized carbons (Fsp3) is 0.400. The van der Waals surface area contributed by atoms with Crippen molar-refractivity contribution in [1.29, 1.82) is 0 Å². The van der Waals surface area contributed by atoms with E-state index in [4.69, 9.17) is 9.90 Å². The van der Waals surface area contributed by atoms with Crippen LogP contribution in [-0.2, 0) is 18.4 Å². The number of amides is 1. The molecule has 1 fully saturated rings. The summed E-state index contributed by atoms with van der Waals surface area (Å²) in [5, 5.41) is 29.6. The molecule has 0 unspecified atom stereocenters. The minimum absolute atomic E-state index is 0.0901. The molecule has 4 N–H and O–H groups in total. The number of nitrogens with one attached hydrogen (secondary N) is 1. The number of nitrogens with zero attached hydrogens (tertiary/aromatic N) is 3. The van der Waals surface area contributed by atoms with Crippen LogP contribution >= 0.6 is 0 Å². The SMILES string of the molecule is CN1C[C@H](O)C[C@H]1c1nc(C(=O)NCc2ccc(F)cc2)c(O)c(=O)n1C.O=C(O)C(F)(F)F. The normalized spacial score (nSPS) is 18.2. The molecule has 10 nitrogen and oxygen atoms in total. The molecule has 1 aromatic carbocycles. The minimum atomic E-state index is -5.08. The summed E-state index contributed by atoms with van der Waals surface area (Å²) in [4.78, 5) is 39.8. The molecule has 1 aliphatic heterocycles. The topological polar surface area (TPSA) is 145 Å². The van der Waals surface area contributed by atoms with E-state index in [0.717, 1.165) is 0 Å². The van der Waals surface area contributed by atoms with Crippen LogP contribution in [0.4, 0.5) is 17.6 Å². The maximum Gasteiger partial charge on any atom is 0.490 e.